The number of alkyl carbamates (subject to hydrolysis) is 1. The Kier molecular flexibility index (Phi) is 9.39. The van der Waals surface area contributed by atoms with Crippen molar-refractivity contribution in [2.45, 2.75) is 51.2 Å². The van der Waals surface area contributed by atoms with E-state index in [0.717, 1.165) is 0 Å². The van der Waals surface area contributed by atoms with Gasteiger partial charge >= 0.3 is 6.09 Å². The van der Waals surface area contributed by atoms with Crippen LogP contribution in [-0.4, -0.2) is 67.1 Å². The van der Waals surface area contributed by atoms with E-state index in [1.54, 1.807) is 39.0 Å². The Balaban J connectivity index is 1.55. The summed E-state index contributed by atoms with van der Waals surface area (Å²) in [6.45, 7) is 5.85. The minimum Gasteiger partial charge on any atom is -0.494 e. The molecule has 3 rings (SSSR count). The first-order chi connectivity index (χ1) is 17.6. The van der Waals surface area contributed by atoms with Gasteiger partial charge in [0.15, 0.2) is 17.9 Å². The molecule has 1 saturated heterocycles. The van der Waals surface area contributed by atoms with Crippen molar-refractivity contribution < 1.29 is 33.2 Å². The molecule has 0 bridgehead atoms. The van der Waals surface area contributed by atoms with E-state index >= 15 is 4.39 Å². The molecule has 200 valence electrons. The topological polar surface area (TPSA) is 135 Å². The summed E-state index contributed by atoms with van der Waals surface area (Å²) in [5, 5.41) is 24.7. The molecule has 1 aliphatic rings. The van der Waals surface area contributed by atoms with Gasteiger partial charge in [0.2, 0.25) is 0 Å². The third-order valence-electron chi connectivity index (χ3n) is 5.61. The zero-order chi connectivity index (χ0) is 27.1. The maximum absolute atomic E-state index is 15.1. The predicted molar refractivity (Wildman–Crippen MR) is 132 cm³/mol. The number of aliphatic hydroxyl groups excluding tert-OH is 1. The highest BCUT2D eigenvalue weighted by Crippen LogP contribution is 2.32. The van der Waals surface area contributed by atoms with Gasteiger partial charge in [0.05, 0.1) is 26.9 Å². The van der Waals surface area contributed by atoms with E-state index in [1.165, 1.54) is 19.4 Å². The average Bonchev–Trinajstić information content (AvgIpc) is 2.86. The molecule has 2 aromatic rings. The lowest BCUT2D eigenvalue weighted by molar-refractivity contribution is -0.219. The van der Waals surface area contributed by atoms with Gasteiger partial charge in [0.25, 0.3) is 0 Å². The first kappa shape index (κ1) is 28.3. The summed E-state index contributed by atoms with van der Waals surface area (Å²) in [7, 11) is 1.40. The Labute approximate surface area is 215 Å². The number of rotatable bonds is 9. The van der Waals surface area contributed by atoms with Crippen molar-refractivity contribution in [3.8, 4) is 22.9 Å². The molecule has 1 fully saturated rings. The quantitative estimate of drug-likeness (QED) is 0.430. The van der Waals surface area contributed by atoms with Crippen LogP contribution in [0.15, 0.2) is 30.5 Å². The number of aliphatic hydroxyl groups is 1. The molecule has 0 saturated carbocycles. The number of amides is 1. The number of hydrogen-bond donors (Lipinski definition) is 3. The normalized spacial score (nSPS) is 19.6. The molecule has 10 nitrogen and oxygen atoms in total. The van der Waals surface area contributed by atoms with Crippen molar-refractivity contribution >= 4 is 6.09 Å². The molecule has 11 heteroatoms. The first-order valence-electron chi connectivity index (χ1n) is 11.9. The fraction of sp³-hybridized carbons (Fsp3) is 0.500. The second-order valence-corrected chi connectivity index (χ2v) is 9.74. The number of nitrogens with one attached hydrogen (secondary N) is 2. The van der Waals surface area contributed by atoms with Crippen LogP contribution in [0, 0.1) is 17.1 Å². The monoisotopic (exact) mass is 516 g/mol. The van der Waals surface area contributed by atoms with E-state index in [0.29, 0.717) is 36.2 Å². The Morgan fingerprint density at radius 2 is 2.03 bits per heavy atom. The van der Waals surface area contributed by atoms with Gasteiger partial charge in [-0.1, -0.05) is 6.07 Å². The molecule has 0 aliphatic carbocycles. The summed E-state index contributed by atoms with van der Waals surface area (Å²) < 4.78 is 37.0. The summed E-state index contributed by atoms with van der Waals surface area (Å²) in [5.74, 6) is -0.399. The standard InChI is InChI=1S/C26H33FN4O6/c1-25(2,3)37-24(33)31-26(14-32)15-35-21(36-16-26)9-10-29-12-17-6-8-20(34-4)23(27)22(17)18-5-7-19(11-28)30-13-18/h5-8,13,21,29,32H,9-10,12,14-16H2,1-4H3,(H,31,33). The molecule has 0 atom stereocenters. The number of halogens is 1. The van der Waals surface area contributed by atoms with Gasteiger partial charge in [0.1, 0.15) is 22.9 Å². The number of hydrogen-bond acceptors (Lipinski definition) is 9. The van der Waals surface area contributed by atoms with Crippen LogP contribution >= 0.6 is 0 Å². The molecule has 0 spiro atoms. The van der Waals surface area contributed by atoms with E-state index in [9.17, 15) is 9.90 Å². The summed E-state index contributed by atoms with van der Waals surface area (Å²) in [6.07, 6.45) is 0.749. The van der Waals surface area contributed by atoms with E-state index in [2.05, 4.69) is 15.6 Å². The third-order valence-corrected chi connectivity index (χ3v) is 5.61. The molecule has 37 heavy (non-hydrogen) atoms. The van der Waals surface area contributed by atoms with Crippen LogP contribution in [0.1, 0.15) is 38.4 Å². The number of pyridine rings is 1. The number of nitrogens with zero attached hydrogens (tertiary/aromatic N) is 2. The lowest BCUT2D eigenvalue weighted by atomic mass is 9.99. The molecule has 0 unspecified atom stereocenters. The number of carbonyl (C=O) groups excluding carboxylic acids is 1. The van der Waals surface area contributed by atoms with Crippen LogP contribution < -0.4 is 15.4 Å². The van der Waals surface area contributed by atoms with E-state index < -0.39 is 29.3 Å². The summed E-state index contributed by atoms with van der Waals surface area (Å²) in [6, 6.07) is 8.47. The second kappa shape index (κ2) is 12.3. The molecule has 3 N–H and O–H groups in total. The minimum atomic E-state index is -1.09. The van der Waals surface area contributed by atoms with Crippen molar-refractivity contribution in [3.05, 3.63) is 47.5 Å². The van der Waals surface area contributed by atoms with Gasteiger partial charge in [0, 0.05) is 36.8 Å². The average molecular weight is 517 g/mol. The van der Waals surface area contributed by atoms with Gasteiger partial charge in [-0.3, -0.25) is 0 Å². The van der Waals surface area contributed by atoms with Crippen LogP contribution in [0.2, 0.25) is 0 Å². The Bertz CT molecular complexity index is 1110. The molecular weight excluding hydrogens is 483 g/mol. The highest BCUT2D eigenvalue weighted by Gasteiger charge is 2.39. The predicted octanol–water partition coefficient (Wildman–Crippen LogP) is 2.88. The highest BCUT2D eigenvalue weighted by atomic mass is 19.1. The summed E-state index contributed by atoms with van der Waals surface area (Å²) in [5.41, 5.74) is 0.0479. The minimum absolute atomic E-state index is 0.0624. The van der Waals surface area contributed by atoms with Crippen LogP contribution in [0.3, 0.4) is 0 Å². The fourth-order valence-electron chi connectivity index (χ4n) is 3.75. The largest absolute Gasteiger partial charge is 0.494 e. The number of methoxy groups -OCH3 is 1. The maximum Gasteiger partial charge on any atom is 0.408 e. The number of ether oxygens (including phenoxy) is 4. The lowest BCUT2D eigenvalue weighted by Gasteiger charge is -2.39. The van der Waals surface area contributed by atoms with Crippen LogP contribution in [0.25, 0.3) is 11.1 Å². The van der Waals surface area contributed by atoms with Crippen molar-refractivity contribution in [1.29, 1.82) is 5.26 Å². The Hall–Kier alpha value is -3.30. The van der Waals surface area contributed by atoms with Crippen molar-refractivity contribution in [2.24, 2.45) is 0 Å². The molecule has 0 radical (unpaired) electrons. The van der Waals surface area contributed by atoms with E-state index in [1.807, 2.05) is 6.07 Å². The van der Waals surface area contributed by atoms with Crippen molar-refractivity contribution in [1.82, 2.24) is 15.6 Å². The lowest BCUT2D eigenvalue weighted by Crippen LogP contribution is -2.62. The molecule has 1 aromatic carbocycles. The van der Waals surface area contributed by atoms with Gasteiger partial charge in [-0.05, 0) is 44.5 Å². The zero-order valence-corrected chi connectivity index (χ0v) is 21.5. The van der Waals surface area contributed by atoms with Crippen LogP contribution in [0.4, 0.5) is 9.18 Å². The third kappa shape index (κ3) is 7.60. The molecular formula is C26H33FN4O6. The second-order valence-electron chi connectivity index (χ2n) is 9.74. The van der Waals surface area contributed by atoms with Gasteiger partial charge in [-0.25, -0.2) is 14.2 Å². The van der Waals surface area contributed by atoms with Gasteiger partial charge in [-0.15, -0.1) is 0 Å². The summed E-state index contributed by atoms with van der Waals surface area (Å²) in [4.78, 5) is 16.2. The summed E-state index contributed by atoms with van der Waals surface area (Å²) >= 11 is 0. The zero-order valence-electron chi connectivity index (χ0n) is 21.5. The smallest absolute Gasteiger partial charge is 0.408 e. The maximum atomic E-state index is 15.1. The Morgan fingerprint density at radius 3 is 2.59 bits per heavy atom. The SMILES string of the molecule is COc1ccc(CNCCC2OCC(CO)(NC(=O)OC(C)(C)C)CO2)c(-c2ccc(C#N)nc2)c1F. The highest BCUT2D eigenvalue weighted by molar-refractivity contribution is 5.70. The van der Waals surface area contributed by atoms with Crippen molar-refractivity contribution in [2.75, 3.05) is 33.5 Å². The fourth-order valence-corrected chi connectivity index (χ4v) is 3.75. The number of benzene rings is 1. The van der Waals surface area contributed by atoms with Crippen LogP contribution in [0.5, 0.6) is 5.75 Å². The first-order valence-corrected chi connectivity index (χ1v) is 11.9. The molecule has 2 heterocycles. The molecule has 1 amide bonds. The van der Waals surface area contributed by atoms with Crippen LogP contribution in [-0.2, 0) is 20.8 Å². The van der Waals surface area contributed by atoms with Crippen molar-refractivity contribution in [3.63, 3.8) is 0 Å². The number of nitriles is 1. The van der Waals surface area contributed by atoms with E-state index in [-0.39, 0.29) is 31.3 Å². The molecule has 1 aromatic heterocycles. The van der Waals surface area contributed by atoms with E-state index in [4.69, 9.17) is 24.2 Å². The Morgan fingerprint density at radius 1 is 1.30 bits per heavy atom. The molecule has 1 aliphatic heterocycles. The van der Waals surface area contributed by atoms with Gasteiger partial charge < -0.3 is 34.7 Å². The van der Waals surface area contributed by atoms with Gasteiger partial charge in [-0.2, -0.15) is 5.26 Å². The number of aromatic nitrogens is 1. The number of carbonyl (C=O) groups is 1.